The van der Waals surface area contributed by atoms with Crippen LogP contribution < -0.4 is 15.4 Å². The Balaban J connectivity index is 0.000000479. The van der Waals surface area contributed by atoms with Gasteiger partial charge in [-0.05, 0) is 61.7 Å². The maximum absolute atomic E-state index is 12.5. The summed E-state index contributed by atoms with van der Waals surface area (Å²) < 4.78 is 37.7. The fourth-order valence-corrected chi connectivity index (χ4v) is 4.30. The molecule has 2 heterocycles. The molecule has 2 saturated heterocycles. The molecule has 0 saturated carbocycles. The molecule has 2 aliphatic rings. The quantitative estimate of drug-likeness (QED) is 0.463. The molecular weight excluding hydrogens is 534 g/mol. The van der Waals surface area contributed by atoms with Gasteiger partial charge in [0.25, 0.3) is 5.91 Å². The van der Waals surface area contributed by atoms with Gasteiger partial charge in [-0.25, -0.2) is 4.79 Å². The number of alkyl halides is 3. The van der Waals surface area contributed by atoms with Gasteiger partial charge in [0.2, 0.25) is 0 Å². The van der Waals surface area contributed by atoms with Gasteiger partial charge in [0.15, 0.2) is 0 Å². The molecule has 0 bridgehead atoms. The Hall–Kier alpha value is -2.53. The van der Waals surface area contributed by atoms with Crippen molar-refractivity contribution in [3.63, 3.8) is 0 Å². The van der Waals surface area contributed by atoms with Crippen molar-refractivity contribution in [3.05, 3.63) is 63.6 Å². The van der Waals surface area contributed by atoms with Gasteiger partial charge in [-0.15, -0.1) is 0 Å². The predicted octanol–water partition coefficient (Wildman–Crippen LogP) is 4.41. The lowest BCUT2D eigenvalue weighted by Gasteiger charge is -2.17. The minimum Gasteiger partial charge on any atom is -0.489 e. The first-order chi connectivity index (χ1) is 17.5. The fraction of sp³-hybridized carbons (Fsp3) is 0.440. The van der Waals surface area contributed by atoms with E-state index >= 15 is 0 Å². The van der Waals surface area contributed by atoms with Crippen molar-refractivity contribution in [1.82, 2.24) is 15.5 Å². The first-order valence-electron chi connectivity index (χ1n) is 11.8. The summed E-state index contributed by atoms with van der Waals surface area (Å²) in [6.45, 7) is 4.80. The molecule has 2 atom stereocenters. The number of halogens is 5. The topological polar surface area (TPSA) is 90.9 Å². The van der Waals surface area contributed by atoms with Crippen LogP contribution in [-0.4, -0.2) is 72.9 Å². The molecule has 2 aliphatic heterocycles. The summed E-state index contributed by atoms with van der Waals surface area (Å²) in [5, 5.41) is 14.4. The number of hydrogen-bond donors (Lipinski definition) is 3. The number of carboxylic acid groups (broad SMARTS) is 1. The van der Waals surface area contributed by atoms with Crippen LogP contribution in [0.5, 0.6) is 5.75 Å². The third-order valence-corrected chi connectivity index (χ3v) is 6.73. The molecule has 2 fully saturated rings. The van der Waals surface area contributed by atoms with Gasteiger partial charge in [-0.1, -0.05) is 35.3 Å². The summed E-state index contributed by atoms with van der Waals surface area (Å²) in [6, 6.07) is 13.6. The molecule has 0 aromatic heterocycles. The molecule has 12 heteroatoms. The number of nitrogens with zero attached hydrogens (tertiary/aromatic N) is 1. The molecule has 7 nitrogen and oxygen atoms in total. The number of ether oxygens (including phenoxy) is 1. The van der Waals surface area contributed by atoms with E-state index in [-0.39, 0.29) is 18.1 Å². The zero-order valence-corrected chi connectivity index (χ0v) is 21.4. The standard InChI is InChI=1S/C23H27Cl2N3O2.C2HF3O2/c24-21-6-3-17(13-22(21)25)23(29)27-18-9-12-28(15-18)11-8-16-1-4-19(5-2-16)30-20-7-10-26-14-20;3-2(4,5)1(6)7/h1-6,13,18,20,26H,7-12,14-15H2,(H,27,29);(H,6,7)/t18-,20-;/m0./s1. The smallest absolute Gasteiger partial charge is 0.489 e. The number of amides is 1. The molecule has 0 aliphatic carbocycles. The van der Waals surface area contributed by atoms with Crippen LogP contribution in [0.1, 0.15) is 28.8 Å². The third-order valence-electron chi connectivity index (χ3n) is 5.99. The highest BCUT2D eigenvalue weighted by molar-refractivity contribution is 6.42. The molecule has 0 spiro atoms. The summed E-state index contributed by atoms with van der Waals surface area (Å²) in [6.07, 6.45) is -1.79. The number of likely N-dealkylation sites (tertiary alicyclic amines) is 1. The van der Waals surface area contributed by atoms with Crippen LogP contribution in [0.3, 0.4) is 0 Å². The number of rotatable bonds is 7. The normalized spacial score (nSPS) is 19.7. The predicted molar refractivity (Wildman–Crippen MR) is 135 cm³/mol. The first kappa shape index (κ1) is 29.0. The number of carbonyl (C=O) groups excluding carboxylic acids is 1. The second-order valence-electron chi connectivity index (χ2n) is 8.82. The SMILES string of the molecule is O=C(N[C@H]1CCN(CCc2ccc(O[C@H]3CCNC3)cc2)C1)c1ccc(Cl)c(Cl)c1.O=C(O)C(F)(F)F. The van der Waals surface area contributed by atoms with E-state index in [1.165, 1.54) is 5.56 Å². The molecule has 1 amide bonds. The maximum Gasteiger partial charge on any atom is 0.490 e. The van der Waals surface area contributed by atoms with Crippen LogP contribution in [0.25, 0.3) is 0 Å². The van der Waals surface area contributed by atoms with Crippen molar-refractivity contribution in [2.75, 3.05) is 32.7 Å². The Morgan fingerprint density at radius 1 is 1.11 bits per heavy atom. The highest BCUT2D eigenvalue weighted by atomic mass is 35.5. The zero-order valence-electron chi connectivity index (χ0n) is 19.9. The highest BCUT2D eigenvalue weighted by Gasteiger charge is 2.38. The van der Waals surface area contributed by atoms with Crippen LogP contribution in [0.15, 0.2) is 42.5 Å². The number of carbonyl (C=O) groups is 2. The van der Waals surface area contributed by atoms with E-state index in [2.05, 4.69) is 39.8 Å². The molecular formula is C25H28Cl2F3N3O4. The Bertz CT molecular complexity index is 1060. The summed E-state index contributed by atoms with van der Waals surface area (Å²) >= 11 is 11.9. The molecule has 0 unspecified atom stereocenters. The van der Waals surface area contributed by atoms with Gasteiger partial charge in [0.1, 0.15) is 11.9 Å². The van der Waals surface area contributed by atoms with Gasteiger partial charge in [0, 0.05) is 37.8 Å². The van der Waals surface area contributed by atoms with Crippen molar-refractivity contribution in [2.45, 2.75) is 37.6 Å². The number of aliphatic carboxylic acids is 1. The van der Waals surface area contributed by atoms with E-state index < -0.39 is 12.1 Å². The zero-order chi connectivity index (χ0) is 27.0. The first-order valence-corrected chi connectivity index (χ1v) is 12.5. The lowest BCUT2D eigenvalue weighted by Crippen LogP contribution is -2.37. The van der Waals surface area contributed by atoms with Gasteiger partial charge in [0.05, 0.1) is 10.0 Å². The minimum absolute atomic E-state index is 0.103. The lowest BCUT2D eigenvalue weighted by atomic mass is 10.1. The van der Waals surface area contributed by atoms with Gasteiger partial charge < -0.3 is 25.4 Å². The number of carboxylic acids is 1. The Labute approximate surface area is 222 Å². The van der Waals surface area contributed by atoms with Gasteiger partial charge in [-0.2, -0.15) is 13.2 Å². The van der Waals surface area contributed by atoms with Crippen molar-refractivity contribution >= 4 is 35.1 Å². The lowest BCUT2D eigenvalue weighted by molar-refractivity contribution is -0.192. The van der Waals surface area contributed by atoms with Crippen molar-refractivity contribution in [2.24, 2.45) is 0 Å². The number of benzene rings is 2. The molecule has 2 aromatic rings. The van der Waals surface area contributed by atoms with E-state index in [4.69, 9.17) is 37.8 Å². The molecule has 4 rings (SSSR count). The summed E-state index contributed by atoms with van der Waals surface area (Å²) in [7, 11) is 0. The van der Waals surface area contributed by atoms with Crippen LogP contribution in [0.2, 0.25) is 10.0 Å². The van der Waals surface area contributed by atoms with Crippen LogP contribution in [-0.2, 0) is 11.2 Å². The van der Waals surface area contributed by atoms with E-state index in [0.717, 1.165) is 57.7 Å². The average molecular weight is 562 g/mol. The van der Waals surface area contributed by atoms with Crippen molar-refractivity contribution < 1.29 is 32.6 Å². The van der Waals surface area contributed by atoms with E-state index in [9.17, 15) is 18.0 Å². The summed E-state index contributed by atoms with van der Waals surface area (Å²) in [4.78, 5) is 23.8. The third kappa shape index (κ3) is 9.37. The Kier molecular flexibility index (Phi) is 10.5. The Morgan fingerprint density at radius 2 is 1.81 bits per heavy atom. The van der Waals surface area contributed by atoms with E-state index in [1.54, 1.807) is 18.2 Å². The molecule has 202 valence electrons. The fourth-order valence-electron chi connectivity index (χ4n) is 4.00. The maximum atomic E-state index is 12.5. The van der Waals surface area contributed by atoms with Crippen molar-refractivity contribution in [1.29, 1.82) is 0 Å². The summed E-state index contributed by atoms with van der Waals surface area (Å²) in [5.74, 6) is -1.92. The molecule has 0 radical (unpaired) electrons. The molecule has 37 heavy (non-hydrogen) atoms. The second kappa shape index (κ2) is 13.3. The van der Waals surface area contributed by atoms with Gasteiger partial charge >= 0.3 is 12.1 Å². The monoisotopic (exact) mass is 561 g/mol. The second-order valence-corrected chi connectivity index (χ2v) is 9.63. The number of nitrogens with one attached hydrogen (secondary N) is 2. The van der Waals surface area contributed by atoms with Gasteiger partial charge in [-0.3, -0.25) is 4.79 Å². The van der Waals surface area contributed by atoms with E-state index in [0.29, 0.717) is 15.6 Å². The highest BCUT2D eigenvalue weighted by Crippen LogP contribution is 2.23. The molecule has 3 N–H and O–H groups in total. The largest absolute Gasteiger partial charge is 0.490 e. The van der Waals surface area contributed by atoms with Crippen LogP contribution in [0, 0.1) is 0 Å². The average Bonchev–Trinajstić information content (AvgIpc) is 3.52. The number of hydrogen-bond acceptors (Lipinski definition) is 5. The van der Waals surface area contributed by atoms with Crippen LogP contribution >= 0.6 is 23.2 Å². The molecule has 2 aromatic carbocycles. The summed E-state index contributed by atoms with van der Waals surface area (Å²) in [5.41, 5.74) is 1.84. The Morgan fingerprint density at radius 3 is 2.41 bits per heavy atom. The van der Waals surface area contributed by atoms with Crippen LogP contribution in [0.4, 0.5) is 13.2 Å². The minimum atomic E-state index is -5.08. The van der Waals surface area contributed by atoms with Crippen molar-refractivity contribution in [3.8, 4) is 5.75 Å². The van der Waals surface area contributed by atoms with E-state index in [1.807, 2.05) is 0 Å².